The van der Waals surface area contributed by atoms with Crippen LogP contribution in [0.15, 0.2) is 57.8 Å². The Labute approximate surface area is 195 Å². The molecule has 2 heterocycles. The predicted molar refractivity (Wildman–Crippen MR) is 130 cm³/mol. The molecule has 0 saturated heterocycles. The van der Waals surface area contributed by atoms with Crippen LogP contribution in [-0.2, 0) is 18.7 Å². The molecule has 0 N–H and O–H groups in total. The zero-order valence-electron chi connectivity index (χ0n) is 18.3. The summed E-state index contributed by atoms with van der Waals surface area (Å²) in [6.45, 7) is 2.54. The maximum atomic E-state index is 13.4. The third kappa shape index (κ3) is 4.81. The molecule has 32 heavy (non-hydrogen) atoms. The molecular formula is C24H25N3O3S2. The number of benzene rings is 2. The van der Waals surface area contributed by atoms with Crippen LogP contribution >= 0.6 is 23.1 Å². The summed E-state index contributed by atoms with van der Waals surface area (Å²) in [5, 5.41) is 4.53. The molecule has 2 aromatic heterocycles. The first-order valence-electron chi connectivity index (χ1n) is 10.4. The van der Waals surface area contributed by atoms with Crippen LogP contribution in [0.4, 0.5) is 0 Å². The largest absolute Gasteiger partial charge is 0.493 e. The molecule has 0 fully saturated rings. The van der Waals surface area contributed by atoms with Gasteiger partial charge in [-0.3, -0.25) is 9.36 Å². The Balaban J connectivity index is 1.69. The number of hydrogen-bond acceptors (Lipinski definition) is 7. The number of aryl methyl sites for hydroxylation is 1. The average molecular weight is 468 g/mol. The third-order valence-electron chi connectivity index (χ3n) is 5.03. The Hall–Kier alpha value is -2.84. The van der Waals surface area contributed by atoms with Crippen molar-refractivity contribution in [3.8, 4) is 11.5 Å². The maximum absolute atomic E-state index is 13.4. The molecule has 0 bridgehead atoms. The van der Waals surface area contributed by atoms with E-state index in [-0.39, 0.29) is 5.56 Å². The summed E-state index contributed by atoms with van der Waals surface area (Å²) in [6.07, 6.45) is 2.07. The topological polar surface area (TPSA) is 66.2 Å². The van der Waals surface area contributed by atoms with Crippen LogP contribution in [0.1, 0.15) is 29.6 Å². The Morgan fingerprint density at radius 1 is 1.06 bits per heavy atom. The van der Waals surface area contributed by atoms with E-state index in [4.69, 9.17) is 19.4 Å². The number of rotatable bonds is 9. The van der Waals surface area contributed by atoms with E-state index >= 15 is 0 Å². The number of aromatic nitrogens is 3. The van der Waals surface area contributed by atoms with Crippen LogP contribution in [0.3, 0.4) is 0 Å². The number of hydrogen-bond donors (Lipinski definition) is 0. The van der Waals surface area contributed by atoms with Gasteiger partial charge in [0.1, 0.15) is 0 Å². The molecule has 0 aliphatic heterocycles. The number of para-hydroxylation sites is 1. The fourth-order valence-corrected chi connectivity index (χ4v) is 5.34. The average Bonchev–Trinajstić information content (AvgIpc) is 3.27. The fraction of sp³-hybridized carbons (Fsp3) is 0.292. The highest BCUT2D eigenvalue weighted by molar-refractivity contribution is 7.98. The first kappa shape index (κ1) is 22.4. The minimum Gasteiger partial charge on any atom is -0.493 e. The van der Waals surface area contributed by atoms with Crippen molar-refractivity contribution >= 4 is 34.0 Å². The highest BCUT2D eigenvalue weighted by Gasteiger charge is 2.14. The molecule has 0 atom stereocenters. The molecular weight excluding hydrogens is 442 g/mol. The van der Waals surface area contributed by atoms with Gasteiger partial charge in [0.25, 0.3) is 5.56 Å². The normalized spacial score (nSPS) is 11.1. The van der Waals surface area contributed by atoms with Gasteiger partial charge in [0.05, 0.1) is 42.4 Å². The van der Waals surface area contributed by atoms with E-state index in [1.807, 2.05) is 42.5 Å². The van der Waals surface area contributed by atoms with E-state index in [1.54, 1.807) is 30.1 Å². The van der Waals surface area contributed by atoms with Gasteiger partial charge in [0, 0.05) is 11.1 Å². The third-order valence-corrected chi connectivity index (χ3v) is 6.99. The van der Waals surface area contributed by atoms with Crippen molar-refractivity contribution in [1.29, 1.82) is 0 Å². The van der Waals surface area contributed by atoms with Gasteiger partial charge in [-0.1, -0.05) is 36.9 Å². The van der Waals surface area contributed by atoms with Gasteiger partial charge in [-0.05, 0) is 42.7 Å². The molecule has 0 amide bonds. The smallest absolute Gasteiger partial charge is 0.262 e. The van der Waals surface area contributed by atoms with Crippen molar-refractivity contribution in [3.05, 3.63) is 74.5 Å². The van der Waals surface area contributed by atoms with Gasteiger partial charge in [0.15, 0.2) is 16.7 Å². The lowest BCUT2D eigenvalue weighted by Gasteiger charge is -2.14. The van der Waals surface area contributed by atoms with Crippen LogP contribution in [0.25, 0.3) is 10.9 Å². The van der Waals surface area contributed by atoms with Gasteiger partial charge in [0.2, 0.25) is 0 Å². The highest BCUT2D eigenvalue weighted by Crippen LogP contribution is 2.29. The minimum atomic E-state index is -0.0576. The molecule has 4 rings (SSSR count). The summed E-state index contributed by atoms with van der Waals surface area (Å²) < 4.78 is 12.5. The molecule has 0 unspecified atom stereocenters. The summed E-state index contributed by atoms with van der Waals surface area (Å²) in [4.78, 5) is 22.9. The van der Waals surface area contributed by atoms with E-state index < -0.39 is 0 Å². The van der Waals surface area contributed by atoms with Gasteiger partial charge >= 0.3 is 0 Å². The van der Waals surface area contributed by atoms with Crippen molar-refractivity contribution in [2.24, 2.45) is 0 Å². The summed E-state index contributed by atoms with van der Waals surface area (Å²) in [5.41, 5.74) is 2.59. The van der Waals surface area contributed by atoms with E-state index in [1.165, 1.54) is 11.8 Å². The predicted octanol–water partition coefficient (Wildman–Crippen LogP) is 5.16. The lowest BCUT2D eigenvalue weighted by atomic mass is 10.2. The molecule has 0 aliphatic carbocycles. The Kier molecular flexibility index (Phi) is 7.12. The standard InChI is InChI=1S/C24H25N3O3S2/c1-4-7-22-25-17(14-31-22)15-32-24-26-19-9-6-5-8-18(19)23(28)27(24)13-16-10-11-20(29-2)21(12-16)30-3/h5-6,8-12,14H,4,7,13,15H2,1-3H3. The van der Waals surface area contributed by atoms with Crippen LogP contribution in [0.2, 0.25) is 0 Å². The van der Waals surface area contributed by atoms with Gasteiger partial charge < -0.3 is 9.47 Å². The number of thiazole rings is 1. The molecule has 0 radical (unpaired) electrons. The number of fused-ring (bicyclic) bond motifs is 1. The second kappa shape index (κ2) is 10.2. The van der Waals surface area contributed by atoms with Crippen LogP contribution in [0, 0.1) is 0 Å². The first-order valence-corrected chi connectivity index (χ1v) is 12.3. The van der Waals surface area contributed by atoms with Crippen molar-refractivity contribution in [2.45, 2.75) is 37.2 Å². The van der Waals surface area contributed by atoms with Gasteiger partial charge in [-0.15, -0.1) is 11.3 Å². The summed E-state index contributed by atoms with van der Waals surface area (Å²) >= 11 is 3.23. The Morgan fingerprint density at radius 2 is 1.88 bits per heavy atom. The Bertz CT molecular complexity index is 1280. The van der Waals surface area contributed by atoms with E-state index in [0.29, 0.717) is 39.9 Å². The molecule has 0 saturated carbocycles. The maximum Gasteiger partial charge on any atom is 0.262 e. The molecule has 8 heteroatoms. The second-order valence-corrected chi connectivity index (χ2v) is 9.15. The van der Waals surface area contributed by atoms with Crippen molar-refractivity contribution in [2.75, 3.05) is 14.2 Å². The fourth-order valence-electron chi connectivity index (χ4n) is 3.44. The highest BCUT2D eigenvalue weighted by atomic mass is 32.2. The molecule has 2 aromatic carbocycles. The van der Waals surface area contributed by atoms with Crippen LogP contribution < -0.4 is 15.0 Å². The quantitative estimate of drug-likeness (QED) is 0.250. The van der Waals surface area contributed by atoms with E-state index in [9.17, 15) is 4.79 Å². The van der Waals surface area contributed by atoms with Crippen molar-refractivity contribution < 1.29 is 9.47 Å². The van der Waals surface area contributed by atoms with Crippen molar-refractivity contribution in [3.63, 3.8) is 0 Å². The SMILES string of the molecule is CCCc1nc(CSc2nc3ccccc3c(=O)n2Cc2ccc(OC)c(OC)c2)cs1. The number of nitrogens with zero attached hydrogens (tertiary/aromatic N) is 3. The zero-order valence-corrected chi connectivity index (χ0v) is 20.0. The van der Waals surface area contributed by atoms with E-state index in [2.05, 4.69) is 12.3 Å². The molecule has 166 valence electrons. The second-order valence-electron chi connectivity index (χ2n) is 7.26. The lowest BCUT2D eigenvalue weighted by molar-refractivity contribution is 0.354. The summed E-state index contributed by atoms with van der Waals surface area (Å²) in [6, 6.07) is 13.2. The molecule has 6 nitrogen and oxygen atoms in total. The lowest BCUT2D eigenvalue weighted by Crippen LogP contribution is -2.24. The van der Waals surface area contributed by atoms with Gasteiger partial charge in [-0.25, -0.2) is 9.97 Å². The zero-order chi connectivity index (χ0) is 22.5. The first-order chi connectivity index (χ1) is 15.6. The summed E-state index contributed by atoms with van der Waals surface area (Å²) in [5.74, 6) is 1.95. The number of thioether (sulfide) groups is 1. The monoisotopic (exact) mass is 467 g/mol. The molecule has 0 spiro atoms. The van der Waals surface area contributed by atoms with Gasteiger partial charge in [-0.2, -0.15) is 0 Å². The number of ether oxygens (including phenoxy) is 2. The molecule has 0 aliphatic rings. The molecule has 4 aromatic rings. The van der Waals surface area contributed by atoms with Crippen LogP contribution in [0.5, 0.6) is 11.5 Å². The summed E-state index contributed by atoms with van der Waals surface area (Å²) in [7, 11) is 3.21. The van der Waals surface area contributed by atoms with Crippen molar-refractivity contribution in [1.82, 2.24) is 14.5 Å². The van der Waals surface area contributed by atoms with Crippen LogP contribution in [-0.4, -0.2) is 28.8 Å². The Morgan fingerprint density at radius 3 is 2.66 bits per heavy atom. The number of methoxy groups -OCH3 is 2. The minimum absolute atomic E-state index is 0.0576. The van der Waals surface area contributed by atoms with E-state index in [0.717, 1.165) is 29.1 Å².